The van der Waals surface area contributed by atoms with Gasteiger partial charge in [-0.25, -0.2) is 4.39 Å². The molecule has 1 aromatic carbocycles. The molecule has 0 atom stereocenters. The number of hydrogen-bond acceptors (Lipinski definition) is 7. The van der Waals surface area contributed by atoms with Crippen LogP contribution >= 0.6 is 0 Å². The molecule has 0 bridgehead atoms. The average molecular weight is 334 g/mol. The van der Waals surface area contributed by atoms with Crippen LogP contribution in [-0.2, 0) is 0 Å². The smallest absolute Gasteiger partial charge is 0.353 e. The van der Waals surface area contributed by atoms with Gasteiger partial charge in [-0.3, -0.25) is 10.1 Å². The van der Waals surface area contributed by atoms with Crippen molar-refractivity contribution in [2.45, 2.75) is 20.3 Å². The molecule has 0 aliphatic heterocycles. The first kappa shape index (κ1) is 17.4. The lowest BCUT2D eigenvalue weighted by atomic mass is 10.1. The van der Waals surface area contributed by atoms with Crippen molar-refractivity contribution in [3.63, 3.8) is 0 Å². The van der Waals surface area contributed by atoms with Crippen LogP contribution in [0, 0.1) is 21.8 Å². The van der Waals surface area contributed by atoms with Gasteiger partial charge in [-0.05, 0) is 24.5 Å². The molecule has 8 nitrogen and oxygen atoms in total. The van der Waals surface area contributed by atoms with Gasteiger partial charge in [0.25, 0.3) is 0 Å². The lowest BCUT2D eigenvalue weighted by Crippen LogP contribution is -2.12. The topological polar surface area (TPSA) is 119 Å². The standard InChI is InChI=1S/C15H19FN6O2/c1-9(2)7-8-18-15-20-13(17)12(22(23)24)14(21-15)19-11-6-4-3-5-10(11)16/h3-6,9H,7-8H2,1-2H3,(H4,17,18,19,20,21). The highest BCUT2D eigenvalue weighted by molar-refractivity contribution is 5.74. The normalized spacial score (nSPS) is 10.7. The molecule has 1 heterocycles. The second kappa shape index (κ2) is 7.53. The maximum absolute atomic E-state index is 13.8. The monoisotopic (exact) mass is 334 g/mol. The quantitative estimate of drug-likeness (QED) is 0.525. The number of anilines is 4. The van der Waals surface area contributed by atoms with Crippen LogP contribution in [0.2, 0.25) is 0 Å². The van der Waals surface area contributed by atoms with Crippen LogP contribution < -0.4 is 16.4 Å². The Hall–Kier alpha value is -2.97. The second-order valence-corrected chi connectivity index (χ2v) is 5.60. The third-order valence-electron chi connectivity index (χ3n) is 3.23. The highest BCUT2D eigenvalue weighted by Gasteiger charge is 2.24. The van der Waals surface area contributed by atoms with Crippen LogP contribution in [0.25, 0.3) is 0 Å². The van der Waals surface area contributed by atoms with E-state index in [0.717, 1.165) is 6.42 Å². The molecule has 0 spiro atoms. The Labute approximate surface area is 138 Å². The molecule has 0 saturated heterocycles. The molecule has 0 radical (unpaired) electrons. The minimum atomic E-state index is -0.698. The van der Waals surface area contributed by atoms with Crippen LogP contribution in [0.3, 0.4) is 0 Å². The number of para-hydroxylation sites is 1. The molecule has 0 fully saturated rings. The van der Waals surface area contributed by atoms with E-state index in [1.54, 1.807) is 6.07 Å². The second-order valence-electron chi connectivity index (χ2n) is 5.60. The summed E-state index contributed by atoms with van der Waals surface area (Å²) in [6, 6.07) is 5.80. The fraction of sp³-hybridized carbons (Fsp3) is 0.333. The number of halogens is 1. The van der Waals surface area contributed by atoms with E-state index in [1.165, 1.54) is 18.2 Å². The summed E-state index contributed by atoms with van der Waals surface area (Å²) in [7, 11) is 0. The molecule has 9 heteroatoms. The zero-order chi connectivity index (χ0) is 17.7. The number of nitrogens with two attached hydrogens (primary N) is 1. The van der Waals surface area contributed by atoms with Crippen molar-refractivity contribution >= 4 is 29.0 Å². The van der Waals surface area contributed by atoms with Gasteiger partial charge in [0.1, 0.15) is 5.82 Å². The van der Waals surface area contributed by atoms with Crippen LogP contribution in [-0.4, -0.2) is 21.4 Å². The third kappa shape index (κ3) is 4.28. The zero-order valence-electron chi connectivity index (χ0n) is 13.4. The number of hydrogen-bond donors (Lipinski definition) is 3. The number of rotatable bonds is 7. The summed E-state index contributed by atoms with van der Waals surface area (Å²) in [6.07, 6.45) is 0.871. The number of nitrogens with one attached hydrogen (secondary N) is 2. The average Bonchev–Trinajstić information content (AvgIpc) is 2.48. The van der Waals surface area contributed by atoms with Gasteiger partial charge in [0, 0.05) is 6.54 Å². The van der Waals surface area contributed by atoms with E-state index < -0.39 is 16.4 Å². The van der Waals surface area contributed by atoms with Gasteiger partial charge in [-0.2, -0.15) is 9.97 Å². The van der Waals surface area contributed by atoms with E-state index in [2.05, 4.69) is 34.4 Å². The number of nitrogens with zero attached hydrogens (tertiary/aromatic N) is 3. The summed E-state index contributed by atoms with van der Waals surface area (Å²) in [6.45, 7) is 4.73. The molecular formula is C15H19FN6O2. The molecule has 0 amide bonds. The Morgan fingerprint density at radius 1 is 1.33 bits per heavy atom. The Kier molecular flexibility index (Phi) is 5.46. The van der Waals surface area contributed by atoms with Gasteiger partial charge in [-0.1, -0.05) is 26.0 Å². The van der Waals surface area contributed by atoms with Gasteiger partial charge >= 0.3 is 5.69 Å². The summed E-state index contributed by atoms with van der Waals surface area (Å²) in [5.41, 5.74) is 5.25. The molecule has 128 valence electrons. The van der Waals surface area contributed by atoms with Crippen LogP contribution in [0.4, 0.5) is 33.3 Å². The van der Waals surface area contributed by atoms with E-state index in [1.807, 2.05) is 0 Å². The molecule has 0 aliphatic rings. The van der Waals surface area contributed by atoms with E-state index in [0.29, 0.717) is 12.5 Å². The fourth-order valence-electron chi connectivity index (χ4n) is 1.98. The van der Waals surface area contributed by atoms with Gasteiger partial charge in [0.05, 0.1) is 10.6 Å². The molecule has 0 aliphatic carbocycles. The molecule has 4 N–H and O–H groups in total. The van der Waals surface area contributed by atoms with Crippen molar-refractivity contribution in [2.24, 2.45) is 5.92 Å². The SMILES string of the molecule is CC(C)CCNc1nc(N)c([N+](=O)[O-])c(Nc2ccccc2F)n1. The van der Waals surface area contributed by atoms with Gasteiger partial charge in [0.2, 0.25) is 17.6 Å². The first-order chi connectivity index (χ1) is 11.4. The fourth-order valence-corrected chi connectivity index (χ4v) is 1.98. The summed E-state index contributed by atoms with van der Waals surface area (Å²) < 4.78 is 13.8. The Morgan fingerprint density at radius 3 is 2.67 bits per heavy atom. The van der Waals surface area contributed by atoms with E-state index in [9.17, 15) is 14.5 Å². The predicted octanol–water partition coefficient (Wildman–Crippen LogP) is 3.31. The lowest BCUT2D eigenvalue weighted by Gasteiger charge is -2.11. The summed E-state index contributed by atoms with van der Waals surface area (Å²) in [5.74, 6) is -0.384. The van der Waals surface area contributed by atoms with Crippen molar-refractivity contribution in [1.82, 2.24) is 9.97 Å². The highest BCUT2D eigenvalue weighted by Crippen LogP contribution is 2.32. The predicted molar refractivity (Wildman–Crippen MR) is 90.7 cm³/mol. The summed E-state index contributed by atoms with van der Waals surface area (Å²) in [4.78, 5) is 18.5. The van der Waals surface area contributed by atoms with Gasteiger partial charge < -0.3 is 16.4 Å². The first-order valence-electron chi connectivity index (χ1n) is 7.45. The largest absolute Gasteiger partial charge is 0.378 e. The molecule has 0 saturated carbocycles. The van der Waals surface area contributed by atoms with Crippen LogP contribution in [0.15, 0.2) is 24.3 Å². The summed E-state index contributed by atoms with van der Waals surface area (Å²) in [5, 5.41) is 16.8. The van der Waals surface area contributed by atoms with Crippen molar-refractivity contribution in [3.8, 4) is 0 Å². The van der Waals surface area contributed by atoms with E-state index in [-0.39, 0.29) is 23.3 Å². The highest BCUT2D eigenvalue weighted by atomic mass is 19.1. The first-order valence-corrected chi connectivity index (χ1v) is 7.45. The minimum absolute atomic E-state index is 0.0619. The van der Waals surface area contributed by atoms with Crippen molar-refractivity contribution in [2.75, 3.05) is 22.9 Å². The summed E-state index contributed by atoms with van der Waals surface area (Å²) >= 11 is 0. The molecule has 24 heavy (non-hydrogen) atoms. The number of nitrogen functional groups attached to an aromatic ring is 1. The van der Waals surface area contributed by atoms with Crippen molar-refractivity contribution in [3.05, 3.63) is 40.2 Å². The van der Waals surface area contributed by atoms with Gasteiger partial charge in [0.15, 0.2) is 0 Å². The third-order valence-corrected chi connectivity index (χ3v) is 3.23. The van der Waals surface area contributed by atoms with Crippen LogP contribution in [0.5, 0.6) is 0 Å². The molecule has 2 aromatic rings. The lowest BCUT2D eigenvalue weighted by molar-refractivity contribution is -0.383. The van der Waals surface area contributed by atoms with Gasteiger partial charge in [-0.15, -0.1) is 0 Å². The molecular weight excluding hydrogens is 315 g/mol. The van der Waals surface area contributed by atoms with Crippen molar-refractivity contribution in [1.29, 1.82) is 0 Å². The Morgan fingerprint density at radius 2 is 2.04 bits per heavy atom. The van der Waals surface area contributed by atoms with Crippen molar-refractivity contribution < 1.29 is 9.31 Å². The number of nitro groups is 1. The number of aromatic nitrogens is 2. The number of benzene rings is 1. The van der Waals surface area contributed by atoms with Crippen LogP contribution in [0.1, 0.15) is 20.3 Å². The van der Waals surface area contributed by atoms with E-state index in [4.69, 9.17) is 5.73 Å². The Bertz CT molecular complexity index is 738. The molecule has 0 unspecified atom stereocenters. The zero-order valence-corrected chi connectivity index (χ0v) is 13.4. The minimum Gasteiger partial charge on any atom is -0.378 e. The molecule has 1 aromatic heterocycles. The molecule has 2 rings (SSSR count). The maximum atomic E-state index is 13.8. The Balaban J connectivity index is 2.34. The maximum Gasteiger partial charge on any atom is 0.353 e. The van der Waals surface area contributed by atoms with E-state index >= 15 is 0 Å².